The van der Waals surface area contributed by atoms with Crippen LogP contribution in [0.15, 0.2) is 40.0 Å². The van der Waals surface area contributed by atoms with Crippen molar-refractivity contribution in [1.29, 1.82) is 0 Å². The maximum atomic E-state index is 5.27. The first-order chi connectivity index (χ1) is 7.20. The van der Waals surface area contributed by atoms with Crippen molar-refractivity contribution in [2.24, 2.45) is 0 Å². The SMILES string of the molecule is CC=C=C(SC)C1=C(C(C)=S)C=CCC1. The molecule has 80 valence electrons. The summed E-state index contributed by atoms with van der Waals surface area (Å²) < 4.78 is 0. The molecule has 0 bridgehead atoms. The van der Waals surface area contributed by atoms with Crippen LogP contribution in [0.5, 0.6) is 0 Å². The van der Waals surface area contributed by atoms with Gasteiger partial charge >= 0.3 is 0 Å². The minimum absolute atomic E-state index is 0.977. The van der Waals surface area contributed by atoms with Gasteiger partial charge in [0.15, 0.2) is 0 Å². The lowest BCUT2D eigenvalue weighted by Gasteiger charge is -2.15. The number of thiocarbonyl (C=S) groups is 1. The normalized spacial score (nSPS) is 14.9. The van der Waals surface area contributed by atoms with Crippen LogP contribution in [-0.2, 0) is 0 Å². The molecule has 0 aromatic heterocycles. The van der Waals surface area contributed by atoms with E-state index >= 15 is 0 Å². The molecule has 0 radical (unpaired) electrons. The first-order valence-corrected chi connectivity index (χ1v) is 6.70. The highest BCUT2D eigenvalue weighted by molar-refractivity contribution is 8.02. The van der Waals surface area contributed by atoms with E-state index in [0.29, 0.717) is 0 Å². The minimum atomic E-state index is 0.977. The van der Waals surface area contributed by atoms with Gasteiger partial charge in [-0.25, -0.2) is 0 Å². The van der Waals surface area contributed by atoms with Crippen molar-refractivity contribution in [2.45, 2.75) is 26.7 Å². The second kappa shape index (κ2) is 6.12. The summed E-state index contributed by atoms with van der Waals surface area (Å²) in [6.07, 6.45) is 10.6. The molecule has 0 unspecified atom stereocenters. The standard InChI is InChI=1S/C13H16S2/c1-4-7-13(15-3)12-9-6-5-8-11(12)10(2)14/h4-5,8H,6,9H2,1-3H3. The minimum Gasteiger partial charge on any atom is -0.121 e. The van der Waals surface area contributed by atoms with E-state index in [2.05, 4.69) is 24.1 Å². The Morgan fingerprint density at radius 3 is 2.87 bits per heavy atom. The highest BCUT2D eigenvalue weighted by Gasteiger charge is 2.13. The van der Waals surface area contributed by atoms with Crippen LogP contribution in [0.2, 0.25) is 0 Å². The summed E-state index contributed by atoms with van der Waals surface area (Å²) in [7, 11) is 0. The Balaban J connectivity index is 3.24. The van der Waals surface area contributed by atoms with Crippen LogP contribution in [-0.4, -0.2) is 11.1 Å². The van der Waals surface area contributed by atoms with Gasteiger partial charge in [-0.15, -0.1) is 17.5 Å². The third-order valence-electron chi connectivity index (χ3n) is 2.30. The fraction of sp³-hybridized carbons (Fsp3) is 0.385. The topological polar surface area (TPSA) is 0 Å². The molecule has 0 fully saturated rings. The largest absolute Gasteiger partial charge is 0.121 e. The van der Waals surface area contributed by atoms with Crippen molar-refractivity contribution < 1.29 is 0 Å². The predicted molar refractivity (Wildman–Crippen MR) is 74.5 cm³/mol. The van der Waals surface area contributed by atoms with Crippen molar-refractivity contribution in [1.82, 2.24) is 0 Å². The van der Waals surface area contributed by atoms with Gasteiger partial charge in [0.25, 0.3) is 0 Å². The van der Waals surface area contributed by atoms with Crippen molar-refractivity contribution in [2.75, 3.05) is 6.26 Å². The second-order valence-corrected chi connectivity index (χ2v) is 4.78. The Kier molecular flexibility index (Phi) is 5.10. The Bertz CT molecular complexity index is 377. The summed E-state index contributed by atoms with van der Waals surface area (Å²) in [5.41, 5.74) is 5.86. The van der Waals surface area contributed by atoms with Crippen molar-refractivity contribution in [3.63, 3.8) is 0 Å². The number of thioether (sulfide) groups is 1. The van der Waals surface area contributed by atoms with E-state index in [9.17, 15) is 0 Å². The van der Waals surface area contributed by atoms with Crippen LogP contribution < -0.4 is 0 Å². The van der Waals surface area contributed by atoms with E-state index in [1.54, 1.807) is 11.8 Å². The Labute approximate surface area is 102 Å². The molecule has 1 rings (SSSR count). The van der Waals surface area contributed by atoms with Gasteiger partial charge in [-0.3, -0.25) is 0 Å². The first-order valence-electron chi connectivity index (χ1n) is 5.07. The van der Waals surface area contributed by atoms with Crippen molar-refractivity contribution in [3.05, 3.63) is 40.0 Å². The number of hydrogen-bond acceptors (Lipinski definition) is 2. The number of rotatable bonds is 3. The third-order valence-corrected chi connectivity index (χ3v) is 3.30. The number of allylic oxidation sites excluding steroid dienone is 4. The summed E-state index contributed by atoms with van der Waals surface area (Å²) in [6.45, 7) is 3.99. The Hall–Kier alpha value is -0.560. The van der Waals surface area contributed by atoms with Crippen LogP contribution in [0.1, 0.15) is 26.7 Å². The van der Waals surface area contributed by atoms with Crippen LogP contribution in [0.25, 0.3) is 0 Å². The van der Waals surface area contributed by atoms with E-state index in [4.69, 9.17) is 12.2 Å². The molecule has 0 aromatic carbocycles. The van der Waals surface area contributed by atoms with E-state index in [1.807, 2.05) is 19.9 Å². The zero-order chi connectivity index (χ0) is 11.3. The molecule has 0 aliphatic heterocycles. The summed E-state index contributed by atoms with van der Waals surface area (Å²) in [6, 6.07) is 0. The van der Waals surface area contributed by atoms with Gasteiger partial charge in [-0.1, -0.05) is 24.4 Å². The molecular weight excluding hydrogens is 220 g/mol. The van der Waals surface area contributed by atoms with Crippen LogP contribution in [0, 0.1) is 0 Å². The highest BCUT2D eigenvalue weighted by atomic mass is 32.2. The molecule has 0 heterocycles. The molecule has 2 heteroatoms. The van der Waals surface area contributed by atoms with Gasteiger partial charge in [0.2, 0.25) is 0 Å². The Morgan fingerprint density at radius 2 is 2.33 bits per heavy atom. The molecule has 1 aliphatic rings. The van der Waals surface area contributed by atoms with Gasteiger partial charge in [-0.2, -0.15) is 0 Å². The van der Waals surface area contributed by atoms with Crippen LogP contribution in [0.3, 0.4) is 0 Å². The number of hydrogen-bond donors (Lipinski definition) is 0. The fourth-order valence-corrected chi connectivity index (χ4v) is 2.52. The average Bonchev–Trinajstić information content (AvgIpc) is 2.26. The molecular formula is C13H16S2. The van der Waals surface area contributed by atoms with Gasteiger partial charge in [0.05, 0.1) is 4.91 Å². The summed E-state index contributed by atoms with van der Waals surface area (Å²) in [4.78, 5) is 2.20. The molecule has 0 nitrogen and oxygen atoms in total. The van der Waals surface area contributed by atoms with Gasteiger partial charge in [0, 0.05) is 4.86 Å². The molecule has 1 aliphatic carbocycles. The lowest BCUT2D eigenvalue weighted by molar-refractivity contribution is 0.979. The molecule has 0 amide bonds. The quantitative estimate of drug-likeness (QED) is 0.524. The zero-order valence-corrected chi connectivity index (χ0v) is 11.1. The van der Waals surface area contributed by atoms with E-state index in [-0.39, 0.29) is 0 Å². The van der Waals surface area contributed by atoms with Gasteiger partial charge in [-0.05, 0) is 50.2 Å². The molecule has 0 saturated carbocycles. The summed E-state index contributed by atoms with van der Waals surface area (Å²) in [5.74, 6) is 0. The predicted octanol–water partition coefficient (Wildman–Crippen LogP) is 4.44. The molecule has 0 spiro atoms. The highest BCUT2D eigenvalue weighted by Crippen LogP contribution is 2.31. The first kappa shape index (κ1) is 12.5. The van der Waals surface area contributed by atoms with Gasteiger partial charge < -0.3 is 0 Å². The lowest BCUT2D eigenvalue weighted by Crippen LogP contribution is -2.02. The fourth-order valence-electron chi connectivity index (χ4n) is 1.63. The monoisotopic (exact) mass is 236 g/mol. The van der Waals surface area contributed by atoms with E-state index in [0.717, 1.165) is 17.7 Å². The maximum absolute atomic E-state index is 5.27. The molecule has 0 atom stereocenters. The van der Waals surface area contributed by atoms with Crippen LogP contribution >= 0.6 is 24.0 Å². The van der Waals surface area contributed by atoms with Crippen molar-refractivity contribution in [3.8, 4) is 0 Å². The second-order valence-electron chi connectivity index (χ2n) is 3.36. The third kappa shape index (κ3) is 3.20. The molecule has 15 heavy (non-hydrogen) atoms. The zero-order valence-electron chi connectivity index (χ0n) is 9.46. The van der Waals surface area contributed by atoms with Crippen LogP contribution in [0.4, 0.5) is 0 Å². The van der Waals surface area contributed by atoms with E-state index < -0.39 is 0 Å². The molecule has 0 saturated heterocycles. The van der Waals surface area contributed by atoms with E-state index in [1.165, 1.54) is 16.1 Å². The molecule has 0 N–H and O–H groups in total. The lowest BCUT2D eigenvalue weighted by atomic mass is 9.95. The summed E-state index contributed by atoms with van der Waals surface area (Å²) >= 11 is 7.02. The Morgan fingerprint density at radius 1 is 1.60 bits per heavy atom. The van der Waals surface area contributed by atoms with Gasteiger partial charge in [0.1, 0.15) is 0 Å². The maximum Gasteiger partial charge on any atom is 0.0525 e. The average molecular weight is 236 g/mol. The smallest absolute Gasteiger partial charge is 0.0525 e. The van der Waals surface area contributed by atoms with Crippen molar-refractivity contribution >= 4 is 28.8 Å². The molecule has 0 aromatic rings. The summed E-state index contributed by atoms with van der Waals surface area (Å²) in [5, 5.41) is 0.